The highest BCUT2D eigenvalue weighted by atomic mass is 16.5. The van der Waals surface area contributed by atoms with Crippen molar-refractivity contribution in [2.75, 3.05) is 12.5 Å². The first kappa shape index (κ1) is 16.7. The van der Waals surface area contributed by atoms with Crippen LogP contribution < -0.4 is 5.43 Å². The Kier molecular flexibility index (Phi) is 4.78. The van der Waals surface area contributed by atoms with E-state index in [0.29, 0.717) is 18.0 Å². The predicted molar refractivity (Wildman–Crippen MR) is 98.7 cm³/mol. The maximum Gasteiger partial charge on any atom is 0.164 e. The topological polar surface area (TPSA) is 86.1 Å². The number of rotatable bonds is 5. The van der Waals surface area contributed by atoms with Gasteiger partial charge in [0.05, 0.1) is 12.8 Å². The first-order valence-corrected chi connectivity index (χ1v) is 7.90. The number of nitriles is 1. The summed E-state index contributed by atoms with van der Waals surface area (Å²) in [5.74, 6) is 0.434. The van der Waals surface area contributed by atoms with E-state index in [0.717, 1.165) is 33.4 Å². The van der Waals surface area contributed by atoms with Crippen molar-refractivity contribution < 1.29 is 4.74 Å². The number of ether oxygens (including phenoxy) is 1. The molecule has 2 aromatic heterocycles. The molecule has 0 aliphatic carbocycles. The first-order chi connectivity index (χ1) is 12.1. The monoisotopic (exact) mass is 333 g/mol. The van der Waals surface area contributed by atoms with Crippen molar-refractivity contribution in [3.63, 3.8) is 0 Å². The van der Waals surface area contributed by atoms with E-state index in [4.69, 9.17) is 4.74 Å². The average molecular weight is 333 g/mol. The molecule has 0 aliphatic heterocycles. The molecule has 0 saturated heterocycles. The molecular weight excluding hydrogens is 314 g/mol. The van der Waals surface area contributed by atoms with Crippen LogP contribution in [-0.2, 0) is 11.3 Å². The number of pyridine rings is 1. The number of benzene rings is 1. The van der Waals surface area contributed by atoms with E-state index in [1.54, 1.807) is 13.3 Å². The van der Waals surface area contributed by atoms with Gasteiger partial charge in [0.25, 0.3) is 0 Å². The molecule has 3 rings (SSSR count). The minimum Gasteiger partial charge on any atom is -0.380 e. The summed E-state index contributed by atoms with van der Waals surface area (Å²) in [5.41, 5.74) is 8.04. The highest BCUT2D eigenvalue weighted by Gasteiger charge is 2.11. The number of para-hydroxylation sites is 1. The lowest BCUT2D eigenvalue weighted by Gasteiger charge is -2.09. The Morgan fingerprint density at radius 2 is 2.16 bits per heavy atom. The van der Waals surface area contributed by atoms with Crippen molar-refractivity contribution in [3.8, 4) is 6.07 Å². The largest absolute Gasteiger partial charge is 0.380 e. The fraction of sp³-hybridized carbons (Fsp3) is 0.211. The predicted octanol–water partition coefficient (Wildman–Crippen LogP) is 3.64. The van der Waals surface area contributed by atoms with Crippen LogP contribution in [0.25, 0.3) is 10.9 Å². The van der Waals surface area contributed by atoms with E-state index >= 15 is 0 Å². The number of aromatic nitrogens is 2. The molecule has 0 bridgehead atoms. The Labute approximate surface area is 146 Å². The lowest BCUT2D eigenvalue weighted by molar-refractivity contribution is 0.184. The van der Waals surface area contributed by atoms with Gasteiger partial charge in [-0.2, -0.15) is 10.4 Å². The van der Waals surface area contributed by atoms with E-state index in [-0.39, 0.29) is 0 Å². The van der Waals surface area contributed by atoms with Crippen molar-refractivity contribution in [1.82, 2.24) is 9.97 Å². The van der Waals surface area contributed by atoms with E-state index in [9.17, 15) is 5.26 Å². The molecule has 6 heteroatoms. The van der Waals surface area contributed by atoms with Crippen LogP contribution in [0.15, 0.2) is 35.4 Å². The molecule has 1 aromatic carbocycles. The van der Waals surface area contributed by atoms with Gasteiger partial charge >= 0.3 is 0 Å². The second-order valence-electron chi connectivity index (χ2n) is 5.77. The number of H-pyrrole nitrogens is 1. The summed E-state index contributed by atoms with van der Waals surface area (Å²) in [4.78, 5) is 7.71. The number of nitrogens with one attached hydrogen (secondary N) is 2. The summed E-state index contributed by atoms with van der Waals surface area (Å²) in [7, 11) is 1.60. The standard InChI is InChI=1S/C19H19N5O/c1-12-8-14(11-25-3)16(9-20)19(22-12)24-21-10-17-13(2)23-18-7-5-4-6-15(17)18/h4-8,10,23H,11H2,1-3H3,(H,22,24)/b21-10+. The number of anilines is 1. The molecule has 6 nitrogen and oxygen atoms in total. The maximum atomic E-state index is 9.44. The van der Waals surface area contributed by atoms with Crippen LogP contribution in [0.3, 0.4) is 0 Å². The number of aryl methyl sites for hydroxylation is 2. The van der Waals surface area contributed by atoms with Crippen molar-refractivity contribution in [3.05, 3.63) is 58.4 Å². The second kappa shape index (κ2) is 7.16. The van der Waals surface area contributed by atoms with Gasteiger partial charge in [-0.15, -0.1) is 0 Å². The van der Waals surface area contributed by atoms with E-state index in [2.05, 4.69) is 26.6 Å². The number of hydrogen-bond acceptors (Lipinski definition) is 5. The SMILES string of the molecule is COCc1cc(C)nc(N/N=C/c2c(C)[nH]c3ccccc23)c1C#N. The third kappa shape index (κ3) is 3.37. The minimum atomic E-state index is 0.353. The molecule has 0 atom stereocenters. The second-order valence-corrected chi connectivity index (χ2v) is 5.77. The summed E-state index contributed by atoms with van der Waals surface area (Å²) in [6, 6.07) is 12.1. The van der Waals surface area contributed by atoms with Gasteiger partial charge in [0.15, 0.2) is 5.82 Å². The van der Waals surface area contributed by atoms with Gasteiger partial charge < -0.3 is 9.72 Å². The van der Waals surface area contributed by atoms with Crippen LogP contribution >= 0.6 is 0 Å². The summed E-state index contributed by atoms with van der Waals surface area (Å²) in [5, 5.41) is 14.8. The summed E-state index contributed by atoms with van der Waals surface area (Å²) >= 11 is 0. The minimum absolute atomic E-state index is 0.353. The summed E-state index contributed by atoms with van der Waals surface area (Å²) < 4.78 is 5.16. The molecule has 0 aliphatic rings. The highest BCUT2D eigenvalue weighted by Crippen LogP contribution is 2.21. The van der Waals surface area contributed by atoms with Gasteiger partial charge in [-0.3, -0.25) is 5.43 Å². The lowest BCUT2D eigenvalue weighted by atomic mass is 10.1. The van der Waals surface area contributed by atoms with Crippen LogP contribution in [-0.4, -0.2) is 23.3 Å². The summed E-state index contributed by atoms with van der Waals surface area (Å²) in [6.07, 6.45) is 1.75. The number of fused-ring (bicyclic) bond motifs is 1. The Balaban J connectivity index is 1.92. The smallest absolute Gasteiger partial charge is 0.164 e. The molecule has 0 amide bonds. The van der Waals surface area contributed by atoms with Crippen LogP contribution in [0.2, 0.25) is 0 Å². The molecule has 3 aromatic rings. The van der Waals surface area contributed by atoms with Crippen molar-refractivity contribution in [2.45, 2.75) is 20.5 Å². The third-order valence-electron chi connectivity index (χ3n) is 3.95. The van der Waals surface area contributed by atoms with Crippen LogP contribution in [0.5, 0.6) is 0 Å². The van der Waals surface area contributed by atoms with Gasteiger partial charge in [0.2, 0.25) is 0 Å². The molecule has 0 saturated carbocycles. The highest BCUT2D eigenvalue weighted by molar-refractivity contribution is 6.00. The number of hydrazone groups is 1. The molecule has 2 heterocycles. The molecular formula is C19H19N5O. The van der Waals surface area contributed by atoms with Crippen molar-refractivity contribution >= 4 is 22.9 Å². The van der Waals surface area contributed by atoms with Crippen LogP contribution in [0, 0.1) is 25.2 Å². The van der Waals surface area contributed by atoms with E-state index in [1.165, 1.54) is 0 Å². The first-order valence-electron chi connectivity index (χ1n) is 7.90. The van der Waals surface area contributed by atoms with E-state index in [1.807, 2.05) is 44.2 Å². The molecule has 126 valence electrons. The summed E-state index contributed by atoms with van der Waals surface area (Å²) in [6.45, 7) is 4.23. The van der Waals surface area contributed by atoms with Gasteiger partial charge in [-0.25, -0.2) is 4.98 Å². The van der Waals surface area contributed by atoms with Gasteiger partial charge in [-0.1, -0.05) is 18.2 Å². The lowest BCUT2D eigenvalue weighted by Crippen LogP contribution is -2.03. The fourth-order valence-electron chi connectivity index (χ4n) is 2.84. The van der Waals surface area contributed by atoms with Crippen molar-refractivity contribution in [1.29, 1.82) is 5.26 Å². The Bertz CT molecular complexity index is 981. The molecule has 25 heavy (non-hydrogen) atoms. The van der Waals surface area contributed by atoms with Gasteiger partial charge in [0, 0.05) is 40.5 Å². The fourth-order valence-corrected chi connectivity index (χ4v) is 2.84. The average Bonchev–Trinajstić information content (AvgIpc) is 2.91. The zero-order valence-corrected chi connectivity index (χ0v) is 14.4. The van der Waals surface area contributed by atoms with E-state index < -0.39 is 0 Å². The third-order valence-corrected chi connectivity index (χ3v) is 3.95. The number of aromatic amines is 1. The van der Waals surface area contributed by atoms with Crippen LogP contribution in [0.4, 0.5) is 5.82 Å². The quantitative estimate of drug-likeness (QED) is 0.551. The molecule has 0 spiro atoms. The normalized spacial score (nSPS) is 11.1. The zero-order chi connectivity index (χ0) is 17.8. The molecule has 2 N–H and O–H groups in total. The Morgan fingerprint density at radius 1 is 1.36 bits per heavy atom. The number of methoxy groups -OCH3 is 1. The van der Waals surface area contributed by atoms with Crippen molar-refractivity contribution in [2.24, 2.45) is 5.10 Å². The number of nitrogens with zero attached hydrogens (tertiary/aromatic N) is 3. The molecule has 0 fully saturated rings. The number of hydrogen-bond donors (Lipinski definition) is 2. The molecule has 0 radical (unpaired) electrons. The van der Waals surface area contributed by atoms with Gasteiger partial charge in [-0.05, 0) is 26.0 Å². The molecule has 0 unspecified atom stereocenters. The Hall–Kier alpha value is -3.17. The zero-order valence-electron chi connectivity index (χ0n) is 14.4. The van der Waals surface area contributed by atoms with Crippen LogP contribution in [0.1, 0.15) is 28.1 Å². The Morgan fingerprint density at radius 3 is 2.92 bits per heavy atom. The maximum absolute atomic E-state index is 9.44. The van der Waals surface area contributed by atoms with Gasteiger partial charge in [0.1, 0.15) is 11.6 Å².